The number of piperidine rings is 1. The summed E-state index contributed by atoms with van der Waals surface area (Å²) in [6, 6.07) is 14.3. The van der Waals surface area contributed by atoms with E-state index in [-0.39, 0.29) is 17.6 Å². The third-order valence-electron chi connectivity index (χ3n) is 6.00. The number of hydrogen-bond donors (Lipinski definition) is 0. The SMILES string of the molecule is COc1ccc(Cc2cnc([C@H]3CCCN(C(=O)CN(C)Cc4ccc(F)cc4)C3)o2)cc1. The minimum Gasteiger partial charge on any atom is -0.497 e. The number of methoxy groups -OCH3 is 1. The van der Waals surface area contributed by atoms with Crippen LogP contribution in [0.5, 0.6) is 5.75 Å². The van der Waals surface area contributed by atoms with Gasteiger partial charge in [0.25, 0.3) is 0 Å². The van der Waals surface area contributed by atoms with Crippen LogP contribution in [0.2, 0.25) is 0 Å². The maximum Gasteiger partial charge on any atom is 0.236 e. The van der Waals surface area contributed by atoms with Gasteiger partial charge in [0.15, 0.2) is 5.89 Å². The number of benzene rings is 2. The van der Waals surface area contributed by atoms with Crippen LogP contribution in [0.1, 0.15) is 41.5 Å². The van der Waals surface area contributed by atoms with E-state index in [2.05, 4.69) is 4.98 Å². The van der Waals surface area contributed by atoms with Crippen LogP contribution >= 0.6 is 0 Å². The van der Waals surface area contributed by atoms with Crippen molar-refractivity contribution in [2.75, 3.05) is 33.8 Å². The molecule has 6 nitrogen and oxygen atoms in total. The lowest BCUT2D eigenvalue weighted by atomic mass is 9.98. The molecule has 1 aliphatic heterocycles. The van der Waals surface area contributed by atoms with Crippen molar-refractivity contribution in [3.8, 4) is 5.75 Å². The van der Waals surface area contributed by atoms with Crippen molar-refractivity contribution in [1.29, 1.82) is 0 Å². The lowest BCUT2D eigenvalue weighted by Gasteiger charge is -2.32. The zero-order chi connectivity index (χ0) is 23.2. The van der Waals surface area contributed by atoms with Crippen LogP contribution in [-0.4, -0.2) is 54.5 Å². The zero-order valence-corrected chi connectivity index (χ0v) is 19.2. The standard InChI is InChI=1S/C26H30FN3O3/c1-29(16-20-5-9-22(27)10-6-20)18-25(31)30-13-3-4-21(17-30)26-28-15-24(33-26)14-19-7-11-23(32-2)12-8-19/h5-12,15,21H,3-4,13-14,16-18H2,1-2H3/t21-/m0/s1. The van der Waals surface area contributed by atoms with Gasteiger partial charge in [0, 0.05) is 26.1 Å². The fourth-order valence-corrected chi connectivity index (χ4v) is 4.23. The van der Waals surface area contributed by atoms with E-state index in [9.17, 15) is 9.18 Å². The van der Waals surface area contributed by atoms with Crippen LogP contribution in [0.3, 0.4) is 0 Å². The normalized spacial score (nSPS) is 16.2. The Hall–Kier alpha value is -3.19. The maximum atomic E-state index is 13.1. The lowest BCUT2D eigenvalue weighted by Crippen LogP contribution is -2.43. The van der Waals surface area contributed by atoms with E-state index in [1.54, 1.807) is 25.4 Å². The number of rotatable bonds is 8. The Bertz CT molecular complexity index is 1050. The molecule has 0 spiro atoms. The maximum absolute atomic E-state index is 13.1. The van der Waals surface area contributed by atoms with Crippen LogP contribution in [0.15, 0.2) is 59.1 Å². The van der Waals surface area contributed by atoms with E-state index in [1.165, 1.54) is 12.1 Å². The summed E-state index contributed by atoms with van der Waals surface area (Å²) < 4.78 is 24.4. The van der Waals surface area contributed by atoms with Gasteiger partial charge >= 0.3 is 0 Å². The summed E-state index contributed by atoms with van der Waals surface area (Å²) in [5.41, 5.74) is 2.11. The molecule has 1 fully saturated rings. The molecular formula is C26H30FN3O3. The average Bonchev–Trinajstić information content (AvgIpc) is 3.29. The third-order valence-corrected chi connectivity index (χ3v) is 6.00. The zero-order valence-electron chi connectivity index (χ0n) is 19.2. The molecule has 1 atom stereocenters. The van der Waals surface area contributed by atoms with Gasteiger partial charge in [-0.3, -0.25) is 9.69 Å². The molecule has 7 heteroatoms. The summed E-state index contributed by atoms with van der Waals surface area (Å²) in [7, 11) is 3.56. The van der Waals surface area contributed by atoms with Gasteiger partial charge in [-0.15, -0.1) is 0 Å². The first-order chi connectivity index (χ1) is 16.0. The molecule has 4 rings (SSSR count). The van der Waals surface area contributed by atoms with Gasteiger partial charge in [-0.1, -0.05) is 24.3 Å². The van der Waals surface area contributed by atoms with E-state index in [0.29, 0.717) is 31.9 Å². The first-order valence-electron chi connectivity index (χ1n) is 11.3. The largest absolute Gasteiger partial charge is 0.497 e. The number of hydrogen-bond acceptors (Lipinski definition) is 5. The van der Waals surface area contributed by atoms with Crippen molar-refractivity contribution in [2.24, 2.45) is 0 Å². The molecule has 0 aliphatic carbocycles. The topological polar surface area (TPSA) is 58.8 Å². The lowest BCUT2D eigenvalue weighted by molar-refractivity contribution is -0.133. The third kappa shape index (κ3) is 6.20. The van der Waals surface area contributed by atoms with Crippen LogP contribution in [0, 0.1) is 5.82 Å². The van der Waals surface area contributed by atoms with E-state index < -0.39 is 0 Å². The van der Waals surface area contributed by atoms with Gasteiger partial charge in [0.1, 0.15) is 17.3 Å². The Balaban J connectivity index is 1.31. The number of oxazole rings is 1. The van der Waals surface area contributed by atoms with Crippen molar-refractivity contribution in [1.82, 2.24) is 14.8 Å². The number of carbonyl (C=O) groups excluding carboxylic acids is 1. The highest BCUT2D eigenvalue weighted by atomic mass is 19.1. The first kappa shape index (κ1) is 23.0. The van der Waals surface area contributed by atoms with Crippen molar-refractivity contribution < 1.29 is 18.3 Å². The summed E-state index contributed by atoms with van der Waals surface area (Å²) in [4.78, 5) is 21.3. The molecule has 0 saturated carbocycles. The molecule has 1 amide bonds. The average molecular weight is 452 g/mol. The number of halogens is 1. The minimum absolute atomic E-state index is 0.0920. The molecular weight excluding hydrogens is 421 g/mol. The Morgan fingerprint density at radius 1 is 1.18 bits per heavy atom. The molecule has 1 aliphatic rings. The minimum atomic E-state index is -0.254. The molecule has 0 radical (unpaired) electrons. The number of likely N-dealkylation sites (N-methyl/N-ethyl adjacent to an activating group) is 1. The second kappa shape index (κ2) is 10.6. The number of amides is 1. The van der Waals surface area contributed by atoms with Crippen LogP contribution in [0.25, 0.3) is 0 Å². The molecule has 33 heavy (non-hydrogen) atoms. The first-order valence-corrected chi connectivity index (χ1v) is 11.3. The molecule has 1 saturated heterocycles. The summed E-state index contributed by atoms with van der Waals surface area (Å²) in [6.45, 7) is 2.28. The van der Waals surface area contributed by atoms with Crippen molar-refractivity contribution in [2.45, 2.75) is 31.7 Å². The Morgan fingerprint density at radius 3 is 2.64 bits per heavy atom. The van der Waals surface area contributed by atoms with E-state index in [4.69, 9.17) is 9.15 Å². The van der Waals surface area contributed by atoms with Crippen molar-refractivity contribution >= 4 is 5.91 Å². The predicted molar refractivity (Wildman–Crippen MR) is 124 cm³/mol. The number of nitrogens with zero attached hydrogens (tertiary/aromatic N) is 3. The molecule has 174 valence electrons. The second-order valence-electron chi connectivity index (χ2n) is 8.67. The van der Waals surface area contributed by atoms with Crippen LogP contribution in [0.4, 0.5) is 4.39 Å². The Kier molecular flexibility index (Phi) is 7.40. The van der Waals surface area contributed by atoms with Gasteiger partial charge in [-0.05, 0) is 55.3 Å². The number of carbonyl (C=O) groups is 1. The van der Waals surface area contributed by atoms with Gasteiger partial charge in [-0.2, -0.15) is 0 Å². The van der Waals surface area contributed by atoms with Crippen LogP contribution < -0.4 is 4.74 Å². The highest BCUT2D eigenvalue weighted by molar-refractivity contribution is 5.78. The number of ether oxygens (including phenoxy) is 1. The monoisotopic (exact) mass is 451 g/mol. The van der Waals surface area contributed by atoms with Gasteiger partial charge < -0.3 is 14.1 Å². The van der Waals surface area contributed by atoms with Gasteiger partial charge in [0.05, 0.1) is 25.8 Å². The van der Waals surface area contributed by atoms with Crippen LogP contribution in [-0.2, 0) is 17.8 Å². The summed E-state index contributed by atoms with van der Waals surface area (Å²) >= 11 is 0. The van der Waals surface area contributed by atoms with E-state index >= 15 is 0 Å². The van der Waals surface area contributed by atoms with Crippen molar-refractivity contribution in [3.05, 3.63) is 83.3 Å². The van der Waals surface area contributed by atoms with E-state index in [1.807, 2.05) is 41.1 Å². The van der Waals surface area contributed by atoms with Crippen molar-refractivity contribution in [3.63, 3.8) is 0 Å². The van der Waals surface area contributed by atoms with Gasteiger partial charge in [-0.25, -0.2) is 9.37 Å². The van der Waals surface area contributed by atoms with E-state index in [0.717, 1.165) is 42.0 Å². The van der Waals surface area contributed by atoms with Gasteiger partial charge in [0.2, 0.25) is 5.91 Å². The second-order valence-corrected chi connectivity index (χ2v) is 8.67. The summed E-state index contributed by atoms with van der Waals surface area (Å²) in [5, 5.41) is 0. The molecule has 2 aromatic carbocycles. The molecule has 0 N–H and O–H groups in total. The molecule has 0 bridgehead atoms. The predicted octanol–water partition coefficient (Wildman–Crippen LogP) is 4.25. The quantitative estimate of drug-likeness (QED) is 0.513. The Morgan fingerprint density at radius 2 is 1.91 bits per heavy atom. The number of aromatic nitrogens is 1. The highest BCUT2D eigenvalue weighted by Crippen LogP contribution is 2.27. The fraction of sp³-hybridized carbons (Fsp3) is 0.385. The highest BCUT2D eigenvalue weighted by Gasteiger charge is 2.28. The molecule has 2 heterocycles. The fourth-order valence-electron chi connectivity index (χ4n) is 4.23. The smallest absolute Gasteiger partial charge is 0.236 e. The molecule has 3 aromatic rings. The molecule has 1 aromatic heterocycles. The number of likely N-dealkylation sites (tertiary alicyclic amines) is 1. The molecule has 0 unspecified atom stereocenters. The Labute approximate surface area is 194 Å². The summed E-state index contributed by atoms with van der Waals surface area (Å²) in [5.74, 6) is 2.29. The summed E-state index contributed by atoms with van der Waals surface area (Å²) in [6.07, 6.45) is 4.34.